The van der Waals surface area contributed by atoms with Crippen LogP contribution in [0.3, 0.4) is 0 Å². The van der Waals surface area contributed by atoms with Gasteiger partial charge in [-0.3, -0.25) is 14.6 Å². The highest BCUT2D eigenvalue weighted by atomic mass is 19.1. The number of nitrogens with zero attached hydrogens (tertiary/aromatic N) is 3. The van der Waals surface area contributed by atoms with Gasteiger partial charge in [0.1, 0.15) is 11.4 Å². The molecular formula is C26H26FN5O5. The van der Waals surface area contributed by atoms with Gasteiger partial charge >= 0.3 is 0 Å². The van der Waals surface area contributed by atoms with Crippen molar-refractivity contribution in [2.45, 2.75) is 61.9 Å². The number of halogens is 1. The van der Waals surface area contributed by atoms with E-state index in [9.17, 15) is 19.1 Å². The average molecular weight is 508 g/mol. The quantitative estimate of drug-likeness (QED) is 0.477. The van der Waals surface area contributed by atoms with Crippen LogP contribution in [0.1, 0.15) is 43.4 Å². The topological polar surface area (TPSA) is 128 Å². The Morgan fingerprint density at radius 2 is 2.00 bits per heavy atom. The van der Waals surface area contributed by atoms with Gasteiger partial charge in [-0.2, -0.15) is 0 Å². The first-order chi connectivity index (χ1) is 17.8. The van der Waals surface area contributed by atoms with Crippen LogP contribution in [-0.2, 0) is 28.2 Å². The Morgan fingerprint density at radius 1 is 1.16 bits per heavy atom. The molecule has 3 N–H and O–H groups in total. The van der Waals surface area contributed by atoms with Crippen LogP contribution in [0.4, 0.5) is 10.2 Å². The number of hydrogen-bond donors (Lipinski definition) is 3. The Bertz CT molecular complexity index is 1500. The zero-order valence-corrected chi connectivity index (χ0v) is 20.1. The van der Waals surface area contributed by atoms with Gasteiger partial charge in [0.2, 0.25) is 0 Å². The Hall–Kier alpha value is -3.41. The first kappa shape index (κ1) is 22.8. The first-order valence-corrected chi connectivity index (χ1v) is 12.5. The number of amides is 1. The molecule has 0 unspecified atom stereocenters. The molecule has 0 radical (unpaired) electrons. The molecule has 4 aliphatic heterocycles. The summed E-state index contributed by atoms with van der Waals surface area (Å²) in [5.74, 6) is 0.155. The van der Waals surface area contributed by atoms with Crippen molar-refractivity contribution < 1.29 is 23.8 Å². The van der Waals surface area contributed by atoms with Crippen LogP contribution >= 0.6 is 0 Å². The smallest absolute Gasteiger partial charge is 0.263 e. The second-order valence-electron chi connectivity index (χ2n) is 10.8. The van der Waals surface area contributed by atoms with E-state index in [4.69, 9.17) is 9.47 Å². The standard InChI is InChI=1S/C26H26FN5O5/c27-16-10-28-17-2-4-20(34)32-13-26(35,21(16)22(17)32)12-25-7-5-24(6-8-25,14-37-25)29-9-15-1-3-18-23(30-15)31-19(33)11-36-18/h1-4,10,29,35H,5-9,11-14H2,(H,30,31,33)/t24?,25?,26-/m0/s1. The summed E-state index contributed by atoms with van der Waals surface area (Å²) in [5.41, 5.74) is -0.887. The van der Waals surface area contributed by atoms with E-state index in [0.29, 0.717) is 48.6 Å². The number of ether oxygens (including phenoxy) is 2. The minimum atomic E-state index is -1.55. The number of aromatic nitrogens is 3. The van der Waals surface area contributed by atoms with E-state index in [0.717, 1.165) is 24.7 Å². The van der Waals surface area contributed by atoms with Crippen molar-refractivity contribution in [2.24, 2.45) is 0 Å². The number of pyridine rings is 3. The molecule has 3 fully saturated rings. The number of carbonyl (C=O) groups is 1. The van der Waals surface area contributed by atoms with Crippen LogP contribution in [-0.4, -0.2) is 49.9 Å². The fourth-order valence-corrected chi connectivity index (χ4v) is 6.46. The van der Waals surface area contributed by atoms with E-state index < -0.39 is 17.0 Å². The van der Waals surface area contributed by atoms with Crippen LogP contribution < -0.4 is 20.9 Å². The van der Waals surface area contributed by atoms with E-state index in [1.807, 2.05) is 6.07 Å². The summed E-state index contributed by atoms with van der Waals surface area (Å²) in [5, 5.41) is 18.1. The van der Waals surface area contributed by atoms with Crippen molar-refractivity contribution in [3.8, 4) is 5.75 Å². The normalized spacial score (nSPS) is 29.7. The van der Waals surface area contributed by atoms with Crippen molar-refractivity contribution in [1.29, 1.82) is 0 Å². The lowest BCUT2D eigenvalue weighted by Crippen LogP contribution is -2.62. The number of aliphatic hydroxyl groups is 1. The summed E-state index contributed by atoms with van der Waals surface area (Å²) in [6, 6.07) is 6.64. The molecule has 1 aliphatic carbocycles. The fraction of sp³-hybridized carbons (Fsp3) is 0.462. The third-order valence-electron chi connectivity index (χ3n) is 8.40. The summed E-state index contributed by atoms with van der Waals surface area (Å²) >= 11 is 0. The lowest BCUT2D eigenvalue weighted by molar-refractivity contribution is -0.192. The maximum Gasteiger partial charge on any atom is 0.263 e. The van der Waals surface area contributed by atoms with Crippen molar-refractivity contribution in [1.82, 2.24) is 19.9 Å². The van der Waals surface area contributed by atoms with Gasteiger partial charge < -0.3 is 29.8 Å². The third-order valence-corrected chi connectivity index (χ3v) is 8.40. The van der Waals surface area contributed by atoms with Crippen LogP contribution in [0.25, 0.3) is 11.0 Å². The monoisotopic (exact) mass is 507 g/mol. The molecule has 2 saturated heterocycles. The Morgan fingerprint density at radius 3 is 2.78 bits per heavy atom. The summed E-state index contributed by atoms with van der Waals surface area (Å²) in [6.07, 6.45) is 4.38. The molecule has 1 atom stereocenters. The number of anilines is 1. The summed E-state index contributed by atoms with van der Waals surface area (Å²) < 4.78 is 28.2. The molecule has 5 aliphatic rings. The number of rotatable bonds is 5. The SMILES string of the molecule is O=C1COc2ccc(CNC34CCC(C[C@]5(O)Cn6c(=O)ccc7ncc(F)c5c76)(CC3)OC4)nc2N1. The van der Waals surface area contributed by atoms with Gasteiger partial charge in [0, 0.05) is 30.1 Å². The number of fused-ring (bicyclic) bond motifs is 4. The molecule has 11 heteroatoms. The highest BCUT2D eigenvalue weighted by Crippen LogP contribution is 2.51. The molecule has 3 aromatic rings. The van der Waals surface area contributed by atoms with Crippen LogP contribution in [0.15, 0.2) is 35.3 Å². The zero-order chi connectivity index (χ0) is 25.4. The van der Waals surface area contributed by atoms with Crippen LogP contribution in [0, 0.1) is 5.82 Å². The molecule has 0 spiro atoms. The van der Waals surface area contributed by atoms with Gasteiger partial charge in [-0.25, -0.2) is 9.37 Å². The van der Waals surface area contributed by atoms with Gasteiger partial charge in [-0.1, -0.05) is 0 Å². The van der Waals surface area contributed by atoms with E-state index in [1.165, 1.54) is 10.6 Å². The molecule has 1 saturated carbocycles. The molecular weight excluding hydrogens is 481 g/mol. The van der Waals surface area contributed by atoms with E-state index >= 15 is 0 Å². The number of nitrogens with one attached hydrogen (secondary N) is 2. The second-order valence-corrected chi connectivity index (χ2v) is 10.8. The minimum Gasteiger partial charge on any atom is -0.480 e. The molecule has 3 aromatic heterocycles. The zero-order valence-electron chi connectivity index (χ0n) is 20.1. The highest BCUT2D eigenvalue weighted by molar-refractivity contribution is 5.94. The maximum absolute atomic E-state index is 15.0. The predicted octanol–water partition coefficient (Wildman–Crippen LogP) is 1.72. The Labute approximate surface area is 210 Å². The van der Waals surface area contributed by atoms with Gasteiger partial charge in [-0.15, -0.1) is 0 Å². The van der Waals surface area contributed by atoms with Gasteiger partial charge in [0.05, 0.1) is 41.7 Å². The van der Waals surface area contributed by atoms with Crippen molar-refractivity contribution in [2.75, 3.05) is 18.5 Å². The van der Waals surface area contributed by atoms with Crippen molar-refractivity contribution in [3.05, 3.63) is 57.9 Å². The van der Waals surface area contributed by atoms with Crippen molar-refractivity contribution >= 4 is 22.8 Å². The van der Waals surface area contributed by atoms with E-state index in [-0.39, 0.29) is 42.1 Å². The Balaban J connectivity index is 1.07. The molecule has 1 amide bonds. The third kappa shape index (κ3) is 3.56. The summed E-state index contributed by atoms with van der Waals surface area (Å²) in [6.45, 7) is 0.932. The maximum atomic E-state index is 15.0. The summed E-state index contributed by atoms with van der Waals surface area (Å²) in [7, 11) is 0. The molecule has 10 nitrogen and oxygen atoms in total. The van der Waals surface area contributed by atoms with E-state index in [1.54, 1.807) is 12.1 Å². The number of carbonyl (C=O) groups excluding carboxylic acids is 1. The molecule has 37 heavy (non-hydrogen) atoms. The molecule has 192 valence electrons. The largest absolute Gasteiger partial charge is 0.480 e. The molecule has 7 heterocycles. The Kier molecular flexibility index (Phi) is 4.80. The van der Waals surface area contributed by atoms with E-state index in [2.05, 4.69) is 20.6 Å². The minimum absolute atomic E-state index is 0.00882. The molecule has 8 rings (SSSR count). The average Bonchev–Trinajstić information content (AvgIpc) is 3.21. The fourth-order valence-electron chi connectivity index (χ4n) is 6.46. The lowest BCUT2D eigenvalue weighted by atomic mass is 9.67. The van der Waals surface area contributed by atoms with Gasteiger partial charge in [-0.05, 0) is 43.9 Å². The van der Waals surface area contributed by atoms with Gasteiger partial charge in [0.15, 0.2) is 18.2 Å². The number of hydrogen-bond acceptors (Lipinski definition) is 8. The summed E-state index contributed by atoms with van der Waals surface area (Å²) in [4.78, 5) is 32.7. The molecule has 2 bridgehead atoms. The molecule has 0 aromatic carbocycles. The lowest BCUT2D eigenvalue weighted by Gasteiger charge is -2.55. The predicted molar refractivity (Wildman–Crippen MR) is 130 cm³/mol. The highest BCUT2D eigenvalue weighted by Gasteiger charge is 2.55. The second kappa shape index (κ2) is 7.80. The van der Waals surface area contributed by atoms with Crippen LogP contribution in [0.2, 0.25) is 0 Å². The first-order valence-electron chi connectivity index (χ1n) is 12.5. The van der Waals surface area contributed by atoms with Gasteiger partial charge in [0.25, 0.3) is 11.5 Å². The van der Waals surface area contributed by atoms with Crippen molar-refractivity contribution in [3.63, 3.8) is 0 Å². The van der Waals surface area contributed by atoms with Crippen LogP contribution in [0.5, 0.6) is 5.75 Å².